The second-order valence-corrected chi connectivity index (χ2v) is 6.01. The maximum atomic E-state index is 12.0. The zero-order valence-electron chi connectivity index (χ0n) is 9.48. The van der Waals surface area contributed by atoms with E-state index >= 15 is 0 Å². The van der Waals surface area contributed by atoms with E-state index in [1.807, 2.05) is 23.4 Å². The number of hydrogen-bond donors (Lipinski definition) is 1. The van der Waals surface area contributed by atoms with Crippen LogP contribution in [0.1, 0.15) is 24.1 Å². The van der Waals surface area contributed by atoms with E-state index in [1.54, 1.807) is 11.3 Å². The second-order valence-electron chi connectivity index (χ2n) is 4.66. The zero-order chi connectivity index (χ0) is 11.6. The lowest BCUT2D eigenvalue weighted by atomic mass is 10.0. The van der Waals surface area contributed by atoms with Crippen LogP contribution in [0.25, 0.3) is 0 Å². The van der Waals surface area contributed by atoms with Crippen molar-refractivity contribution < 1.29 is 4.79 Å². The minimum atomic E-state index is 0.226. The van der Waals surface area contributed by atoms with Crippen molar-refractivity contribution in [1.29, 1.82) is 0 Å². The summed E-state index contributed by atoms with van der Waals surface area (Å²) in [7, 11) is 1.89. The molecule has 1 aliphatic rings. The third-order valence-corrected chi connectivity index (χ3v) is 4.75. The fourth-order valence-corrected chi connectivity index (χ4v) is 2.93. The molecule has 2 nitrogen and oxygen atoms in total. The highest BCUT2D eigenvalue weighted by Crippen LogP contribution is 2.49. The molecule has 1 aromatic rings. The van der Waals surface area contributed by atoms with Gasteiger partial charge in [-0.1, -0.05) is 6.07 Å². The van der Waals surface area contributed by atoms with Crippen molar-refractivity contribution in [2.75, 3.05) is 12.8 Å². The number of rotatable bonds is 5. The van der Waals surface area contributed by atoms with E-state index in [2.05, 4.69) is 18.7 Å². The van der Waals surface area contributed by atoms with Gasteiger partial charge in [-0.15, -0.1) is 11.3 Å². The first-order valence-corrected chi connectivity index (χ1v) is 7.04. The molecule has 16 heavy (non-hydrogen) atoms. The molecule has 0 saturated heterocycles. The van der Waals surface area contributed by atoms with Crippen molar-refractivity contribution >= 4 is 29.9 Å². The zero-order valence-corrected chi connectivity index (χ0v) is 11.2. The van der Waals surface area contributed by atoms with E-state index in [1.165, 1.54) is 4.88 Å². The van der Waals surface area contributed by atoms with Crippen LogP contribution in [-0.4, -0.2) is 23.6 Å². The van der Waals surface area contributed by atoms with Crippen molar-refractivity contribution in [1.82, 2.24) is 4.90 Å². The topological polar surface area (TPSA) is 20.3 Å². The molecule has 0 spiro atoms. The van der Waals surface area contributed by atoms with Gasteiger partial charge in [0.2, 0.25) is 5.91 Å². The maximum Gasteiger partial charge on any atom is 0.223 e. The molecule has 1 saturated carbocycles. The molecular formula is C12H17NOS2. The largest absolute Gasteiger partial charge is 0.341 e. The van der Waals surface area contributed by atoms with Crippen LogP contribution in [-0.2, 0) is 11.3 Å². The molecule has 0 aromatic carbocycles. The van der Waals surface area contributed by atoms with Crippen LogP contribution >= 0.6 is 24.0 Å². The molecule has 88 valence electrons. The summed E-state index contributed by atoms with van der Waals surface area (Å²) < 4.78 is 0. The van der Waals surface area contributed by atoms with E-state index in [9.17, 15) is 4.79 Å². The lowest BCUT2D eigenvalue weighted by molar-refractivity contribution is -0.131. The molecule has 1 heterocycles. The number of carbonyl (C=O) groups excluding carboxylic acids is 1. The van der Waals surface area contributed by atoms with Gasteiger partial charge >= 0.3 is 0 Å². The maximum absolute atomic E-state index is 12.0. The Morgan fingerprint density at radius 2 is 2.38 bits per heavy atom. The lowest BCUT2D eigenvalue weighted by Gasteiger charge is -2.19. The van der Waals surface area contributed by atoms with E-state index < -0.39 is 0 Å². The van der Waals surface area contributed by atoms with Crippen molar-refractivity contribution in [2.45, 2.75) is 25.8 Å². The summed E-state index contributed by atoms with van der Waals surface area (Å²) in [6.45, 7) is 0.735. The Bertz CT molecular complexity index is 357. The number of thiophene rings is 1. The van der Waals surface area contributed by atoms with Crippen molar-refractivity contribution in [2.24, 2.45) is 5.41 Å². The minimum Gasteiger partial charge on any atom is -0.341 e. The van der Waals surface area contributed by atoms with Gasteiger partial charge in [0.25, 0.3) is 0 Å². The highest BCUT2D eigenvalue weighted by Gasteiger charge is 2.43. The first-order valence-electron chi connectivity index (χ1n) is 5.52. The standard InChI is InChI=1S/C12H17NOS2/c1-13(8-10-3-2-6-16-10)11(14)7-12(9-15)4-5-12/h2-3,6,15H,4-5,7-9H2,1H3. The predicted molar refractivity (Wildman–Crippen MR) is 70.9 cm³/mol. The molecule has 0 aliphatic heterocycles. The highest BCUT2D eigenvalue weighted by atomic mass is 32.1. The Balaban J connectivity index is 1.85. The predicted octanol–water partition coefficient (Wildman–Crippen LogP) is 2.81. The van der Waals surface area contributed by atoms with Crippen molar-refractivity contribution in [3.05, 3.63) is 22.4 Å². The van der Waals surface area contributed by atoms with Crippen LogP contribution in [0.15, 0.2) is 17.5 Å². The lowest BCUT2D eigenvalue weighted by Crippen LogP contribution is -2.28. The Morgan fingerprint density at radius 3 is 2.88 bits per heavy atom. The molecular weight excluding hydrogens is 238 g/mol. The van der Waals surface area contributed by atoms with Gasteiger partial charge in [-0.2, -0.15) is 12.6 Å². The first-order chi connectivity index (χ1) is 7.65. The third kappa shape index (κ3) is 2.80. The monoisotopic (exact) mass is 255 g/mol. The average Bonchev–Trinajstić information content (AvgIpc) is 2.85. The Hall–Kier alpha value is -0.480. The SMILES string of the molecule is CN(Cc1cccs1)C(=O)CC1(CS)CC1. The molecule has 4 heteroatoms. The van der Waals surface area contributed by atoms with E-state index in [-0.39, 0.29) is 11.3 Å². The molecule has 2 rings (SSSR count). The van der Waals surface area contributed by atoms with E-state index in [4.69, 9.17) is 0 Å². The molecule has 0 radical (unpaired) electrons. The van der Waals surface area contributed by atoms with Gasteiger partial charge < -0.3 is 4.90 Å². The van der Waals surface area contributed by atoms with Gasteiger partial charge in [0.15, 0.2) is 0 Å². The smallest absolute Gasteiger partial charge is 0.223 e. The van der Waals surface area contributed by atoms with Crippen LogP contribution in [0.4, 0.5) is 0 Å². The summed E-state index contributed by atoms with van der Waals surface area (Å²) in [6.07, 6.45) is 2.99. The molecule has 0 N–H and O–H groups in total. The molecule has 1 fully saturated rings. The van der Waals surface area contributed by atoms with Crippen LogP contribution in [0.5, 0.6) is 0 Å². The van der Waals surface area contributed by atoms with Gasteiger partial charge in [-0.05, 0) is 35.5 Å². The summed E-state index contributed by atoms with van der Waals surface area (Å²) in [6, 6.07) is 4.09. The van der Waals surface area contributed by atoms with Gasteiger partial charge in [-0.25, -0.2) is 0 Å². The summed E-state index contributed by atoms with van der Waals surface area (Å²) in [5, 5.41) is 2.05. The van der Waals surface area contributed by atoms with E-state index in [0.717, 1.165) is 25.1 Å². The Morgan fingerprint density at radius 1 is 1.62 bits per heavy atom. The quantitative estimate of drug-likeness (QED) is 0.802. The van der Waals surface area contributed by atoms with Crippen LogP contribution < -0.4 is 0 Å². The molecule has 1 aliphatic carbocycles. The van der Waals surface area contributed by atoms with Crippen molar-refractivity contribution in [3.63, 3.8) is 0 Å². The summed E-state index contributed by atoms with van der Waals surface area (Å²) in [5.41, 5.74) is 0.226. The van der Waals surface area contributed by atoms with Crippen LogP contribution in [0.2, 0.25) is 0 Å². The van der Waals surface area contributed by atoms with Gasteiger partial charge in [0.1, 0.15) is 0 Å². The molecule has 0 atom stereocenters. The van der Waals surface area contributed by atoms with Gasteiger partial charge in [0, 0.05) is 18.3 Å². The highest BCUT2D eigenvalue weighted by molar-refractivity contribution is 7.80. The number of carbonyl (C=O) groups is 1. The Labute approximate surface area is 106 Å². The molecule has 1 aromatic heterocycles. The summed E-state index contributed by atoms with van der Waals surface area (Å²) >= 11 is 6.03. The number of thiol groups is 1. The van der Waals surface area contributed by atoms with E-state index in [0.29, 0.717) is 6.42 Å². The van der Waals surface area contributed by atoms with Gasteiger partial charge in [0.05, 0.1) is 6.54 Å². The summed E-state index contributed by atoms with van der Waals surface area (Å²) in [4.78, 5) is 15.1. The van der Waals surface area contributed by atoms with Crippen LogP contribution in [0, 0.1) is 5.41 Å². The fourth-order valence-electron chi connectivity index (χ4n) is 1.75. The first kappa shape index (κ1) is 12.0. The average molecular weight is 255 g/mol. The third-order valence-electron chi connectivity index (χ3n) is 3.22. The second kappa shape index (κ2) is 4.80. The summed E-state index contributed by atoms with van der Waals surface area (Å²) in [5.74, 6) is 1.09. The normalized spacial score (nSPS) is 17.1. The molecule has 0 unspecified atom stereocenters. The molecule has 0 bridgehead atoms. The van der Waals surface area contributed by atoms with Gasteiger partial charge in [-0.3, -0.25) is 4.79 Å². The number of amides is 1. The van der Waals surface area contributed by atoms with Crippen molar-refractivity contribution in [3.8, 4) is 0 Å². The number of nitrogens with zero attached hydrogens (tertiary/aromatic N) is 1. The minimum absolute atomic E-state index is 0.226. The molecule has 1 amide bonds. The van der Waals surface area contributed by atoms with Crippen LogP contribution in [0.3, 0.4) is 0 Å². The number of hydrogen-bond acceptors (Lipinski definition) is 3. The fraction of sp³-hybridized carbons (Fsp3) is 0.583. The Kier molecular flexibility index (Phi) is 3.60.